The molecule has 7 heteroatoms. The van der Waals surface area contributed by atoms with E-state index in [4.69, 9.17) is 0 Å². The van der Waals surface area contributed by atoms with Gasteiger partial charge in [0.05, 0.1) is 5.69 Å². The zero-order valence-electron chi connectivity index (χ0n) is 14.0. The van der Waals surface area contributed by atoms with Crippen LogP contribution in [0.5, 0.6) is 0 Å². The highest BCUT2D eigenvalue weighted by atomic mass is 32.2. The molecule has 0 aliphatic heterocycles. The highest BCUT2D eigenvalue weighted by Gasteiger charge is 2.49. The van der Waals surface area contributed by atoms with Crippen molar-refractivity contribution in [1.82, 2.24) is 9.78 Å². The Bertz CT molecular complexity index is 798. The lowest BCUT2D eigenvalue weighted by molar-refractivity contribution is -0.141. The molecule has 0 spiro atoms. The van der Waals surface area contributed by atoms with Crippen molar-refractivity contribution in [3.05, 3.63) is 48.3 Å². The molecule has 0 aliphatic carbocycles. The fraction of sp³-hybridized carbons (Fsp3) is 0.412. The lowest BCUT2D eigenvalue weighted by Crippen LogP contribution is -2.50. The van der Waals surface area contributed by atoms with Gasteiger partial charge in [-0.15, -0.1) is 0 Å². The molecule has 0 saturated carbocycles. The van der Waals surface area contributed by atoms with Gasteiger partial charge in [0.1, 0.15) is 0 Å². The van der Waals surface area contributed by atoms with E-state index < -0.39 is 26.5 Å². The van der Waals surface area contributed by atoms with Crippen LogP contribution in [0.4, 0.5) is 0 Å². The Morgan fingerprint density at radius 2 is 1.96 bits per heavy atom. The number of hydrogen-bond donors (Lipinski definition) is 1. The smallest absolute Gasteiger partial charge is 0.325 e. The van der Waals surface area contributed by atoms with Crippen LogP contribution in [0.25, 0.3) is 5.69 Å². The predicted octanol–water partition coefficient (Wildman–Crippen LogP) is 2.33. The van der Waals surface area contributed by atoms with Gasteiger partial charge in [0.25, 0.3) is 0 Å². The minimum Gasteiger partial charge on any atom is -0.480 e. The Kier molecular flexibility index (Phi) is 5.13. The summed E-state index contributed by atoms with van der Waals surface area (Å²) in [5.74, 6) is -1.81. The summed E-state index contributed by atoms with van der Waals surface area (Å²) in [6.45, 7) is 3.12. The number of rotatable bonds is 7. The molecular formula is C17H22N2O4S. The van der Waals surface area contributed by atoms with Crippen LogP contribution in [0.15, 0.2) is 42.7 Å². The summed E-state index contributed by atoms with van der Waals surface area (Å²) in [5, 5.41) is 13.7. The van der Waals surface area contributed by atoms with Crippen molar-refractivity contribution in [2.75, 3.05) is 6.26 Å². The van der Waals surface area contributed by atoms with Crippen LogP contribution in [0.3, 0.4) is 0 Å². The third kappa shape index (κ3) is 3.36. The van der Waals surface area contributed by atoms with E-state index in [2.05, 4.69) is 5.10 Å². The first-order valence-electron chi connectivity index (χ1n) is 7.72. The third-order valence-electron chi connectivity index (χ3n) is 4.65. The standard InChI is InChI=1S/C17H22N2O4S/c1-4-14(17(2,16(20)21)24(3,22)23)12-13-6-8-15(9-7-13)19-11-5-10-18-19/h5-11,14H,4,12H2,1-3H3,(H,20,21). The number of nitrogens with zero attached hydrogens (tertiary/aromatic N) is 2. The lowest BCUT2D eigenvalue weighted by atomic mass is 9.85. The van der Waals surface area contributed by atoms with Gasteiger partial charge in [-0.05, 0) is 43.0 Å². The second kappa shape index (κ2) is 6.76. The van der Waals surface area contributed by atoms with Crippen molar-refractivity contribution >= 4 is 15.8 Å². The number of benzene rings is 1. The van der Waals surface area contributed by atoms with E-state index in [1.54, 1.807) is 10.9 Å². The molecule has 0 saturated heterocycles. The van der Waals surface area contributed by atoms with Crippen molar-refractivity contribution < 1.29 is 18.3 Å². The van der Waals surface area contributed by atoms with Crippen molar-refractivity contribution in [1.29, 1.82) is 0 Å². The van der Waals surface area contributed by atoms with Crippen LogP contribution in [0.1, 0.15) is 25.8 Å². The molecule has 6 nitrogen and oxygen atoms in total. The molecule has 130 valence electrons. The van der Waals surface area contributed by atoms with Crippen LogP contribution >= 0.6 is 0 Å². The van der Waals surface area contributed by atoms with E-state index in [-0.39, 0.29) is 0 Å². The van der Waals surface area contributed by atoms with Gasteiger partial charge in [-0.3, -0.25) is 4.79 Å². The van der Waals surface area contributed by atoms with Crippen molar-refractivity contribution in [3.8, 4) is 5.69 Å². The summed E-state index contributed by atoms with van der Waals surface area (Å²) in [7, 11) is -3.75. The molecular weight excluding hydrogens is 328 g/mol. The second-order valence-electron chi connectivity index (χ2n) is 6.11. The molecule has 0 amide bonds. The maximum absolute atomic E-state index is 12.1. The summed E-state index contributed by atoms with van der Waals surface area (Å²) in [6, 6.07) is 9.35. The maximum atomic E-state index is 12.1. The van der Waals surface area contributed by atoms with Crippen LogP contribution in [0.2, 0.25) is 0 Å². The molecule has 24 heavy (non-hydrogen) atoms. The number of carbonyl (C=O) groups is 1. The molecule has 0 bridgehead atoms. The summed E-state index contributed by atoms with van der Waals surface area (Å²) in [6.07, 6.45) is 5.34. The predicted molar refractivity (Wildman–Crippen MR) is 91.9 cm³/mol. The van der Waals surface area contributed by atoms with Gasteiger partial charge >= 0.3 is 5.97 Å². The second-order valence-corrected chi connectivity index (χ2v) is 8.50. The number of carboxylic acid groups (broad SMARTS) is 1. The highest BCUT2D eigenvalue weighted by molar-refractivity contribution is 7.92. The number of carboxylic acids is 1. The van der Waals surface area contributed by atoms with Gasteiger partial charge in [0, 0.05) is 18.6 Å². The first-order chi connectivity index (χ1) is 11.2. The zero-order valence-corrected chi connectivity index (χ0v) is 14.8. The van der Waals surface area contributed by atoms with Gasteiger partial charge in [-0.1, -0.05) is 25.5 Å². The van der Waals surface area contributed by atoms with Crippen molar-refractivity contribution in [2.45, 2.75) is 31.4 Å². The molecule has 0 radical (unpaired) electrons. The first-order valence-corrected chi connectivity index (χ1v) is 9.61. The minimum absolute atomic E-state index is 0.381. The van der Waals surface area contributed by atoms with E-state index >= 15 is 0 Å². The largest absolute Gasteiger partial charge is 0.480 e. The lowest BCUT2D eigenvalue weighted by Gasteiger charge is -2.31. The Hall–Kier alpha value is -2.15. The minimum atomic E-state index is -3.75. The monoisotopic (exact) mass is 350 g/mol. The molecule has 1 heterocycles. The van der Waals surface area contributed by atoms with Gasteiger partial charge in [0.15, 0.2) is 14.6 Å². The Morgan fingerprint density at radius 1 is 1.33 bits per heavy atom. The zero-order chi connectivity index (χ0) is 18.0. The number of hydrogen-bond acceptors (Lipinski definition) is 4. The molecule has 2 unspecified atom stereocenters. The first kappa shape index (κ1) is 18.2. The summed E-state index contributed by atoms with van der Waals surface area (Å²) in [4.78, 5) is 11.7. The fourth-order valence-electron chi connectivity index (χ4n) is 2.86. The Morgan fingerprint density at radius 3 is 2.38 bits per heavy atom. The van der Waals surface area contributed by atoms with Gasteiger partial charge in [0.2, 0.25) is 0 Å². The normalized spacial score (nSPS) is 15.6. The topological polar surface area (TPSA) is 89.3 Å². The molecule has 1 N–H and O–H groups in total. The SMILES string of the molecule is CCC(Cc1ccc(-n2cccn2)cc1)C(C)(C(=O)O)S(C)(=O)=O. The molecule has 0 aliphatic rings. The molecule has 2 aromatic rings. The van der Waals surface area contributed by atoms with E-state index in [1.807, 2.05) is 43.5 Å². The molecule has 1 aromatic carbocycles. The van der Waals surface area contributed by atoms with E-state index in [1.165, 1.54) is 6.92 Å². The van der Waals surface area contributed by atoms with E-state index in [0.29, 0.717) is 12.8 Å². The van der Waals surface area contributed by atoms with E-state index in [0.717, 1.165) is 17.5 Å². The van der Waals surface area contributed by atoms with E-state index in [9.17, 15) is 18.3 Å². The van der Waals surface area contributed by atoms with Crippen LogP contribution in [-0.2, 0) is 21.1 Å². The number of aromatic nitrogens is 2. The summed E-state index contributed by atoms with van der Waals surface area (Å²) >= 11 is 0. The summed E-state index contributed by atoms with van der Waals surface area (Å²) in [5.41, 5.74) is 1.79. The van der Waals surface area contributed by atoms with Crippen LogP contribution < -0.4 is 0 Å². The van der Waals surface area contributed by atoms with Gasteiger partial charge in [-0.2, -0.15) is 5.10 Å². The van der Waals surface area contributed by atoms with Gasteiger partial charge < -0.3 is 5.11 Å². The third-order valence-corrected chi connectivity index (χ3v) is 6.70. The highest BCUT2D eigenvalue weighted by Crippen LogP contribution is 2.32. The molecule has 2 atom stereocenters. The van der Waals surface area contributed by atoms with Gasteiger partial charge in [-0.25, -0.2) is 13.1 Å². The average Bonchev–Trinajstić information content (AvgIpc) is 3.05. The number of aliphatic carboxylic acids is 1. The maximum Gasteiger partial charge on any atom is 0.325 e. The van der Waals surface area contributed by atoms with Crippen LogP contribution in [-0.4, -0.2) is 40.3 Å². The summed E-state index contributed by atoms with van der Waals surface area (Å²) < 4.78 is 24.1. The van der Waals surface area contributed by atoms with Crippen molar-refractivity contribution in [2.24, 2.45) is 5.92 Å². The Balaban J connectivity index is 2.28. The van der Waals surface area contributed by atoms with Crippen LogP contribution in [0, 0.1) is 5.92 Å². The number of sulfone groups is 1. The molecule has 2 rings (SSSR count). The average molecular weight is 350 g/mol. The molecule has 0 fully saturated rings. The van der Waals surface area contributed by atoms with Crippen molar-refractivity contribution in [3.63, 3.8) is 0 Å². The Labute approximate surface area is 142 Å². The fourth-order valence-corrected chi connectivity index (χ4v) is 4.03. The quantitative estimate of drug-likeness (QED) is 0.828. The molecule has 1 aromatic heterocycles.